The summed E-state index contributed by atoms with van der Waals surface area (Å²) in [6.45, 7) is 6.21. The van der Waals surface area contributed by atoms with Crippen molar-refractivity contribution in [3.05, 3.63) is 65.2 Å². The number of carbonyl (C=O) groups excluding carboxylic acids is 1. The van der Waals surface area contributed by atoms with Crippen molar-refractivity contribution < 1.29 is 4.79 Å². The van der Waals surface area contributed by atoms with Crippen molar-refractivity contribution >= 4 is 17.3 Å². The zero-order valence-corrected chi connectivity index (χ0v) is 13.9. The van der Waals surface area contributed by atoms with Crippen molar-refractivity contribution in [1.29, 1.82) is 0 Å². The summed E-state index contributed by atoms with van der Waals surface area (Å²) in [7, 11) is 0. The largest absolute Gasteiger partial charge is 0.376 e. The topological polar surface area (TPSA) is 53.5 Å². The SMILES string of the molecule is CCc1ccc(/C(C)=N\NC(=O)CNc2cccc(C)c2)cc1. The van der Waals surface area contributed by atoms with Gasteiger partial charge < -0.3 is 5.32 Å². The van der Waals surface area contributed by atoms with Gasteiger partial charge in [-0.05, 0) is 49.1 Å². The molecular formula is C19H23N3O. The molecule has 2 aromatic rings. The number of hydrogen-bond donors (Lipinski definition) is 2. The summed E-state index contributed by atoms with van der Waals surface area (Å²) in [5.41, 5.74) is 7.74. The van der Waals surface area contributed by atoms with Crippen molar-refractivity contribution in [2.24, 2.45) is 5.10 Å². The second kappa shape index (κ2) is 8.13. The fraction of sp³-hybridized carbons (Fsp3) is 0.263. The van der Waals surface area contributed by atoms with Gasteiger partial charge in [0.1, 0.15) is 0 Å². The summed E-state index contributed by atoms with van der Waals surface area (Å²) in [6, 6.07) is 16.1. The van der Waals surface area contributed by atoms with E-state index in [1.165, 1.54) is 5.56 Å². The smallest absolute Gasteiger partial charge is 0.259 e. The lowest BCUT2D eigenvalue weighted by Gasteiger charge is -2.07. The number of rotatable bonds is 6. The summed E-state index contributed by atoms with van der Waals surface area (Å²) in [4.78, 5) is 11.9. The Morgan fingerprint density at radius 3 is 2.52 bits per heavy atom. The molecule has 0 atom stereocenters. The molecule has 4 heteroatoms. The second-order valence-electron chi connectivity index (χ2n) is 5.51. The first-order valence-corrected chi connectivity index (χ1v) is 7.81. The molecule has 0 heterocycles. The van der Waals surface area contributed by atoms with Gasteiger partial charge in [0.2, 0.25) is 0 Å². The fourth-order valence-corrected chi connectivity index (χ4v) is 2.17. The van der Waals surface area contributed by atoms with Crippen LogP contribution in [0.3, 0.4) is 0 Å². The number of amides is 1. The molecular weight excluding hydrogens is 286 g/mol. The number of nitrogens with one attached hydrogen (secondary N) is 2. The van der Waals surface area contributed by atoms with Gasteiger partial charge in [0.25, 0.3) is 5.91 Å². The summed E-state index contributed by atoms with van der Waals surface area (Å²) in [5, 5.41) is 7.24. The van der Waals surface area contributed by atoms with E-state index in [1.807, 2.05) is 50.2 Å². The first-order chi connectivity index (χ1) is 11.1. The highest BCUT2D eigenvalue weighted by atomic mass is 16.2. The number of carbonyl (C=O) groups is 1. The number of benzene rings is 2. The van der Waals surface area contributed by atoms with Crippen molar-refractivity contribution in [1.82, 2.24) is 5.43 Å². The molecule has 0 aliphatic rings. The maximum atomic E-state index is 11.9. The van der Waals surface area contributed by atoms with E-state index in [0.29, 0.717) is 0 Å². The van der Waals surface area contributed by atoms with E-state index < -0.39 is 0 Å². The average molecular weight is 309 g/mol. The van der Waals surface area contributed by atoms with E-state index in [9.17, 15) is 4.79 Å². The van der Waals surface area contributed by atoms with Gasteiger partial charge in [-0.15, -0.1) is 0 Å². The molecule has 2 rings (SSSR count). The van der Waals surface area contributed by atoms with Gasteiger partial charge in [-0.2, -0.15) is 5.10 Å². The third-order valence-electron chi connectivity index (χ3n) is 3.60. The zero-order valence-electron chi connectivity index (χ0n) is 13.9. The molecule has 0 unspecified atom stereocenters. The summed E-state index contributed by atoms with van der Waals surface area (Å²) in [6.07, 6.45) is 1.01. The molecule has 0 aliphatic carbocycles. The summed E-state index contributed by atoms with van der Waals surface area (Å²) in [5.74, 6) is -0.170. The third kappa shape index (κ3) is 5.25. The first-order valence-electron chi connectivity index (χ1n) is 7.81. The van der Waals surface area contributed by atoms with Crippen LogP contribution < -0.4 is 10.7 Å². The van der Waals surface area contributed by atoms with Crippen LogP contribution in [0.5, 0.6) is 0 Å². The van der Waals surface area contributed by atoms with E-state index in [1.54, 1.807) is 0 Å². The number of hydrogen-bond acceptors (Lipinski definition) is 3. The molecule has 1 amide bonds. The molecule has 0 aliphatic heterocycles. The van der Waals surface area contributed by atoms with E-state index in [4.69, 9.17) is 0 Å². The lowest BCUT2D eigenvalue weighted by atomic mass is 10.1. The predicted molar refractivity (Wildman–Crippen MR) is 95.8 cm³/mol. The van der Waals surface area contributed by atoms with Crippen LogP contribution in [0, 0.1) is 6.92 Å². The predicted octanol–water partition coefficient (Wildman–Crippen LogP) is 3.51. The first kappa shape index (κ1) is 16.7. The zero-order chi connectivity index (χ0) is 16.7. The lowest BCUT2D eigenvalue weighted by molar-refractivity contribution is -0.119. The van der Waals surface area contributed by atoms with Crippen molar-refractivity contribution in [2.45, 2.75) is 27.2 Å². The molecule has 0 saturated heterocycles. The average Bonchev–Trinajstić information content (AvgIpc) is 2.58. The molecule has 0 saturated carbocycles. The molecule has 0 bridgehead atoms. The van der Waals surface area contributed by atoms with Crippen molar-refractivity contribution in [2.75, 3.05) is 11.9 Å². The Bertz CT molecular complexity index is 690. The molecule has 120 valence electrons. The van der Waals surface area contributed by atoms with E-state index in [-0.39, 0.29) is 12.5 Å². The second-order valence-corrected chi connectivity index (χ2v) is 5.51. The van der Waals surface area contributed by atoms with E-state index >= 15 is 0 Å². The Morgan fingerprint density at radius 2 is 1.87 bits per heavy atom. The van der Waals surface area contributed by atoms with Gasteiger partial charge in [0, 0.05) is 5.69 Å². The Labute approximate surface area is 137 Å². The number of aryl methyl sites for hydroxylation is 2. The highest BCUT2D eigenvalue weighted by Gasteiger charge is 2.02. The maximum Gasteiger partial charge on any atom is 0.259 e. The molecule has 0 radical (unpaired) electrons. The summed E-state index contributed by atoms with van der Waals surface area (Å²) < 4.78 is 0. The van der Waals surface area contributed by atoms with Crippen molar-refractivity contribution in [3.63, 3.8) is 0 Å². The fourth-order valence-electron chi connectivity index (χ4n) is 2.17. The minimum absolute atomic E-state index is 0.170. The standard InChI is InChI=1S/C19H23N3O/c1-4-16-8-10-17(11-9-16)15(3)21-22-19(23)13-20-18-7-5-6-14(2)12-18/h5-12,20H,4,13H2,1-3H3,(H,22,23)/b21-15-. The summed E-state index contributed by atoms with van der Waals surface area (Å²) >= 11 is 0. The normalized spacial score (nSPS) is 11.2. The Kier molecular flexibility index (Phi) is 5.92. The molecule has 0 spiro atoms. The van der Waals surface area contributed by atoms with Crippen LogP contribution >= 0.6 is 0 Å². The Balaban J connectivity index is 1.86. The Hall–Kier alpha value is -2.62. The molecule has 4 nitrogen and oxygen atoms in total. The van der Waals surface area contributed by atoms with Crippen LogP contribution in [-0.4, -0.2) is 18.2 Å². The van der Waals surface area contributed by atoms with Crippen LogP contribution in [0.2, 0.25) is 0 Å². The van der Waals surface area contributed by atoms with Gasteiger partial charge in [-0.3, -0.25) is 4.79 Å². The van der Waals surface area contributed by atoms with Crippen LogP contribution in [0.25, 0.3) is 0 Å². The highest BCUT2D eigenvalue weighted by Crippen LogP contribution is 2.09. The van der Waals surface area contributed by atoms with Crippen LogP contribution in [-0.2, 0) is 11.2 Å². The minimum atomic E-state index is -0.170. The number of hydrazone groups is 1. The van der Waals surface area contributed by atoms with E-state index in [0.717, 1.165) is 28.9 Å². The maximum absolute atomic E-state index is 11.9. The van der Waals surface area contributed by atoms with Crippen LogP contribution in [0.1, 0.15) is 30.5 Å². The van der Waals surface area contributed by atoms with Gasteiger partial charge in [0.05, 0.1) is 12.3 Å². The van der Waals surface area contributed by atoms with Gasteiger partial charge in [0.15, 0.2) is 0 Å². The molecule has 0 aromatic heterocycles. The number of nitrogens with zero attached hydrogens (tertiary/aromatic N) is 1. The molecule has 23 heavy (non-hydrogen) atoms. The number of anilines is 1. The van der Waals surface area contributed by atoms with Crippen LogP contribution in [0.15, 0.2) is 53.6 Å². The van der Waals surface area contributed by atoms with E-state index in [2.05, 4.69) is 34.9 Å². The molecule has 2 aromatic carbocycles. The molecule has 2 N–H and O–H groups in total. The van der Waals surface area contributed by atoms with Gasteiger partial charge in [-0.1, -0.05) is 43.3 Å². The molecule has 0 fully saturated rings. The minimum Gasteiger partial charge on any atom is -0.376 e. The van der Waals surface area contributed by atoms with Gasteiger partial charge in [-0.25, -0.2) is 5.43 Å². The monoisotopic (exact) mass is 309 g/mol. The van der Waals surface area contributed by atoms with Crippen molar-refractivity contribution in [3.8, 4) is 0 Å². The third-order valence-corrected chi connectivity index (χ3v) is 3.60. The van der Waals surface area contributed by atoms with Crippen LogP contribution in [0.4, 0.5) is 5.69 Å². The Morgan fingerprint density at radius 1 is 1.13 bits per heavy atom. The lowest BCUT2D eigenvalue weighted by Crippen LogP contribution is -2.26. The van der Waals surface area contributed by atoms with Gasteiger partial charge >= 0.3 is 0 Å². The highest BCUT2D eigenvalue weighted by molar-refractivity contribution is 5.99. The quantitative estimate of drug-likeness (QED) is 0.634.